The molecule has 1 atom stereocenters. The minimum Gasteiger partial charge on any atom is -0.372 e. The number of hydrogen-bond donors (Lipinski definition) is 1. The van der Waals surface area contributed by atoms with E-state index >= 15 is 0 Å². The lowest BCUT2D eigenvalue weighted by atomic mass is 9.85. The summed E-state index contributed by atoms with van der Waals surface area (Å²) in [5, 5.41) is 21.1. The fourth-order valence-corrected chi connectivity index (χ4v) is 2.45. The van der Waals surface area contributed by atoms with Crippen molar-refractivity contribution in [2.45, 2.75) is 11.8 Å². The average molecular weight is 376 g/mol. The number of nitrogens with zero attached hydrogens (tertiary/aromatic N) is 1. The van der Waals surface area contributed by atoms with Crippen molar-refractivity contribution in [2.75, 3.05) is 0 Å². The molecule has 2 aromatic carbocycles. The minimum atomic E-state index is -5.05. The summed E-state index contributed by atoms with van der Waals surface area (Å²) >= 11 is 3.04. The van der Waals surface area contributed by atoms with E-state index in [-0.39, 0.29) is 0 Å². The van der Waals surface area contributed by atoms with Gasteiger partial charge in [-0.1, -0.05) is 40.2 Å². The van der Waals surface area contributed by atoms with Gasteiger partial charge in [0.25, 0.3) is 5.69 Å². The van der Waals surface area contributed by atoms with Gasteiger partial charge in [-0.25, -0.2) is 0 Å². The maximum atomic E-state index is 13.5. The Hall–Kier alpha value is -1.93. The van der Waals surface area contributed by atoms with Crippen LogP contribution in [0.25, 0.3) is 0 Å². The Morgan fingerprint density at radius 3 is 2.09 bits per heavy atom. The van der Waals surface area contributed by atoms with E-state index in [1.54, 1.807) is 0 Å². The lowest BCUT2D eigenvalue weighted by Gasteiger charge is -2.31. The molecule has 0 heterocycles. The molecule has 0 aliphatic carbocycles. The molecule has 0 aliphatic heterocycles. The predicted octanol–water partition coefficient (Wildman–Crippen LogP) is 4.16. The van der Waals surface area contributed by atoms with Crippen molar-refractivity contribution in [3.63, 3.8) is 0 Å². The summed E-state index contributed by atoms with van der Waals surface area (Å²) in [5.74, 6) is 0. The topological polar surface area (TPSA) is 63.4 Å². The molecule has 0 aromatic heterocycles. The summed E-state index contributed by atoms with van der Waals surface area (Å²) in [7, 11) is 0. The summed E-state index contributed by atoms with van der Waals surface area (Å²) in [5.41, 5.74) is -4.93. The quantitative estimate of drug-likeness (QED) is 0.647. The fourth-order valence-electron chi connectivity index (χ4n) is 2.05. The molecule has 0 bridgehead atoms. The van der Waals surface area contributed by atoms with Crippen LogP contribution in [-0.2, 0) is 5.60 Å². The van der Waals surface area contributed by atoms with Crippen LogP contribution in [0.2, 0.25) is 0 Å². The number of non-ortho nitro benzene ring substituents is 1. The zero-order valence-corrected chi connectivity index (χ0v) is 12.4. The Morgan fingerprint density at radius 2 is 1.59 bits per heavy atom. The monoisotopic (exact) mass is 375 g/mol. The van der Waals surface area contributed by atoms with Crippen LogP contribution in [0.15, 0.2) is 53.0 Å². The Bertz CT molecular complexity index is 720. The molecule has 4 nitrogen and oxygen atoms in total. The van der Waals surface area contributed by atoms with E-state index in [9.17, 15) is 28.4 Å². The van der Waals surface area contributed by atoms with Gasteiger partial charge in [0.2, 0.25) is 5.60 Å². The summed E-state index contributed by atoms with van der Waals surface area (Å²) in [6.07, 6.45) is -5.05. The Kier molecular flexibility index (Phi) is 4.25. The predicted molar refractivity (Wildman–Crippen MR) is 76.3 cm³/mol. The molecule has 0 saturated carbocycles. The van der Waals surface area contributed by atoms with E-state index < -0.39 is 33.5 Å². The number of hydrogen-bond acceptors (Lipinski definition) is 3. The molecule has 22 heavy (non-hydrogen) atoms. The highest BCUT2D eigenvalue weighted by Gasteiger charge is 2.56. The van der Waals surface area contributed by atoms with Gasteiger partial charge in [0.1, 0.15) is 0 Å². The summed E-state index contributed by atoms with van der Waals surface area (Å²) in [4.78, 5) is 9.94. The van der Waals surface area contributed by atoms with Crippen molar-refractivity contribution in [3.8, 4) is 0 Å². The van der Waals surface area contributed by atoms with Crippen LogP contribution in [0, 0.1) is 10.1 Å². The molecule has 0 saturated heterocycles. The van der Waals surface area contributed by atoms with Gasteiger partial charge in [0, 0.05) is 22.2 Å². The van der Waals surface area contributed by atoms with Gasteiger partial charge in [-0.2, -0.15) is 13.2 Å². The van der Waals surface area contributed by atoms with Gasteiger partial charge >= 0.3 is 6.18 Å². The molecule has 1 unspecified atom stereocenters. The van der Waals surface area contributed by atoms with E-state index in [1.165, 1.54) is 12.1 Å². The lowest BCUT2D eigenvalue weighted by molar-refractivity contribution is -0.385. The molecule has 0 amide bonds. The van der Waals surface area contributed by atoms with Crippen LogP contribution in [-0.4, -0.2) is 16.2 Å². The maximum absolute atomic E-state index is 13.5. The first-order chi connectivity index (χ1) is 10.2. The van der Waals surface area contributed by atoms with Gasteiger partial charge in [-0.05, 0) is 17.7 Å². The second-order valence-electron chi connectivity index (χ2n) is 4.53. The van der Waals surface area contributed by atoms with Gasteiger partial charge in [0.05, 0.1) is 4.92 Å². The van der Waals surface area contributed by atoms with E-state index in [0.717, 1.165) is 30.3 Å². The van der Waals surface area contributed by atoms with Gasteiger partial charge in [-0.15, -0.1) is 0 Å². The summed E-state index contributed by atoms with van der Waals surface area (Å²) in [6, 6.07) is 8.95. The van der Waals surface area contributed by atoms with Crippen molar-refractivity contribution in [3.05, 3.63) is 74.2 Å². The van der Waals surface area contributed by atoms with Crippen LogP contribution >= 0.6 is 15.9 Å². The highest BCUT2D eigenvalue weighted by atomic mass is 79.9. The van der Waals surface area contributed by atoms with Crippen molar-refractivity contribution >= 4 is 21.6 Å². The number of aliphatic hydroxyl groups is 1. The third-order valence-corrected chi connectivity index (χ3v) is 3.62. The standard InChI is InChI=1S/C14H9BrF3NO3/c15-11-5-1-3-9(7-11)13(20,14(16,17)18)10-4-2-6-12(8-10)19(21)22/h1-8,20H. The van der Waals surface area contributed by atoms with E-state index in [2.05, 4.69) is 15.9 Å². The molecule has 8 heteroatoms. The van der Waals surface area contributed by atoms with Crippen LogP contribution in [0.5, 0.6) is 0 Å². The maximum Gasteiger partial charge on any atom is 0.425 e. The molecule has 1 N–H and O–H groups in total. The van der Waals surface area contributed by atoms with Gasteiger partial charge in [0.15, 0.2) is 0 Å². The van der Waals surface area contributed by atoms with Crippen molar-refractivity contribution in [1.29, 1.82) is 0 Å². The van der Waals surface area contributed by atoms with E-state index in [1.807, 2.05) is 0 Å². The minimum absolute atomic E-state index is 0.345. The highest BCUT2D eigenvalue weighted by Crippen LogP contribution is 2.45. The van der Waals surface area contributed by atoms with Crippen molar-refractivity contribution in [2.24, 2.45) is 0 Å². The SMILES string of the molecule is O=[N+]([O-])c1cccc(C(O)(c2cccc(Br)c2)C(F)(F)F)c1. The number of alkyl halides is 3. The highest BCUT2D eigenvalue weighted by molar-refractivity contribution is 9.10. The van der Waals surface area contributed by atoms with Crippen LogP contribution in [0.3, 0.4) is 0 Å². The Morgan fingerprint density at radius 1 is 1.05 bits per heavy atom. The third-order valence-electron chi connectivity index (χ3n) is 3.13. The number of nitro groups is 1. The number of nitro benzene ring substituents is 1. The average Bonchev–Trinajstić information content (AvgIpc) is 2.45. The van der Waals surface area contributed by atoms with Crippen LogP contribution < -0.4 is 0 Å². The number of rotatable bonds is 3. The molecule has 2 rings (SSSR count). The summed E-state index contributed by atoms with van der Waals surface area (Å²) < 4.78 is 40.9. The zero-order chi connectivity index (χ0) is 16.5. The second kappa shape index (κ2) is 5.69. The Balaban J connectivity index is 2.71. The van der Waals surface area contributed by atoms with E-state index in [0.29, 0.717) is 10.5 Å². The summed E-state index contributed by atoms with van der Waals surface area (Å²) in [6.45, 7) is 0. The lowest BCUT2D eigenvalue weighted by Crippen LogP contribution is -2.43. The molecule has 0 fully saturated rings. The first-order valence-corrected chi connectivity index (χ1v) is 6.75. The molecular formula is C14H9BrF3NO3. The number of halogens is 4. The van der Waals surface area contributed by atoms with Gasteiger partial charge in [-0.3, -0.25) is 10.1 Å². The molecule has 116 valence electrons. The van der Waals surface area contributed by atoms with Crippen molar-refractivity contribution < 1.29 is 23.2 Å². The van der Waals surface area contributed by atoms with Crippen LogP contribution in [0.1, 0.15) is 11.1 Å². The first kappa shape index (κ1) is 16.4. The van der Waals surface area contributed by atoms with Gasteiger partial charge < -0.3 is 5.11 Å². The number of benzene rings is 2. The van der Waals surface area contributed by atoms with E-state index in [4.69, 9.17) is 0 Å². The molecular weight excluding hydrogens is 367 g/mol. The largest absolute Gasteiger partial charge is 0.425 e. The van der Waals surface area contributed by atoms with Crippen LogP contribution in [0.4, 0.5) is 18.9 Å². The fraction of sp³-hybridized carbons (Fsp3) is 0.143. The third kappa shape index (κ3) is 2.84. The Labute approximate surface area is 131 Å². The molecule has 2 aromatic rings. The first-order valence-electron chi connectivity index (χ1n) is 5.96. The molecule has 0 radical (unpaired) electrons. The second-order valence-corrected chi connectivity index (χ2v) is 5.44. The molecule has 0 aliphatic rings. The molecule has 0 spiro atoms. The van der Waals surface area contributed by atoms with Crippen molar-refractivity contribution in [1.82, 2.24) is 0 Å². The normalized spacial score (nSPS) is 14.4. The zero-order valence-electron chi connectivity index (χ0n) is 10.8. The smallest absolute Gasteiger partial charge is 0.372 e.